The van der Waals surface area contributed by atoms with E-state index in [-0.39, 0.29) is 12.1 Å². The van der Waals surface area contributed by atoms with Crippen LogP contribution in [0.4, 0.5) is 0 Å². The molecular formula is C11H22O4Si. The van der Waals surface area contributed by atoms with Crippen molar-refractivity contribution in [3.63, 3.8) is 0 Å². The van der Waals surface area contributed by atoms with Gasteiger partial charge in [0, 0.05) is 25.8 Å². The van der Waals surface area contributed by atoms with Crippen molar-refractivity contribution in [2.75, 3.05) is 14.2 Å². The minimum Gasteiger partial charge on any atom is -0.459 e. The first-order chi connectivity index (χ1) is 7.38. The summed E-state index contributed by atoms with van der Waals surface area (Å²) in [6.07, 6.45) is 0.578. The van der Waals surface area contributed by atoms with Gasteiger partial charge in [0.2, 0.25) is 0 Å². The van der Waals surface area contributed by atoms with Gasteiger partial charge in [-0.3, -0.25) is 0 Å². The lowest BCUT2D eigenvalue weighted by Crippen LogP contribution is -2.40. The molecule has 1 unspecified atom stereocenters. The Bertz CT molecular complexity index is 248. The van der Waals surface area contributed by atoms with E-state index in [1.54, 1.807) is 21.1 Å². The molecule has 0 saturated heterocycles. The Kier molecular flexibility index (Phi) is 6.55. The van der Waals surface area contributed by atoms with E-state index in [1.807, 2.05) is 13.5 Å². The van der Waals surface area contributed by atoms with Crippen LogP contribution in [0.2, 0.25) is 12.6 Å². The quantitative estimate of drug-likeness (QED) is 0.392. The zero-order valence-corrected chi connectivity index (χ0v) is 11.8. The summed E-state index contributed by atoms with van der Waals surface area (Å²) in [5.41, 5.74) is 0.414. The molecule has 0 saturated carbocycles. The van der Waals surface area contributed by atoms with E-state index >= 15 is 0 Å². The van der Waals surface area contributed by atoms with Crippen molar-refractivity contribution < 1.29 is 18.4 Å². The molecule has 0 bridgehead atoms. The molecule has 5 heteroatoms. The van der Waals surface area contributed by atoms with Crippen LogP contribution in [0.25, 0.3) is 0 Å². The summed E-state index contributed by atoms with van der Waals surface area (Å²) in [7, 11) is 1.07. The largest absolute Gasteiger partial charge is 0.459 e. The second-order valence-electron chi connectivity index (χ2n) is 3.96. The molecule has 16 heavy (non-hydrogen) atoms. The van der Waals surface area contributed by atoms with E-state index in [2.05, 4.69) is 6.58 Å². The third-order valence-electron chi connectivity index (χ3n) is 2.54. The fraction of sp³-hybridized carbons (Fsp3) is 0.727. The third kappa shape index (κ3) is 4.91. The predicted molar refractivity (Wildman–Crippen MR) is 65.4 cm³/mol. The first-order valence-corrected chi connectivity index (χ1v) is 7.87. The minimum atomic E-state index is -2.19. The van der Waals surface area contributed by atoms with Crippen LogP contribution in [-0.4, -0.2) is 34.9 Å². The monoisotopic (exact) mass is 246 g/mol. The molecule has 1 atom stereocenters. The zero-order valence-electron chi connectivity index (χ0n) is 10.8. The third-order valence-corrected chi connectivity index (χ3v) is 5.46. The highest BCUT2D eigenvalue weighted by atomic mass is 28.4. The summed E-state index contributed by atoms with van der Waals surface area (Å²) in [6, 6.07) is 0.634. The smallest absolute Gasteiger partial charge is 0.338 e. The van der Waals surface area contributed by atoms with Crippen molar-refractivity contribution in [1.29, 1.82) is 0 Å². The number of esters is 1. The first kappa shape index (κ1) is 15.3. The molecule has 0 aromatic carbocycles. The molecular weight excluding hydrogens is 224 g/mol. The molecule has 0 aromatic rings. The number of carbonyl (C=O) groups is 1. The fourth-order valence-electron chi connectivity index (χ4n) is 1.18. The van der Waals surface area contributed by atoms with Crippen molar-refractivity contribution >= 4 is 14.5 Å². The molecule has 0 heterocycles. The number of rotatable bonds is 7. The molecule has 0 aliphatic rings. The van der Waals surface area contributed by atoms with E-state index in [9.17, 15) is 4.79 Å². The van der Waals surface area contributed by atoms with Gasteiger partial charge in [-0.15, -0.1) is 0 Å². The number of hydrogen-bond acceptors (Lipinski definition) is 4. The van der Waals surface area contributed by atoms with Gasteiger partial charge in [0.25, 0.3) is 0 Å². The summed E-state index contributed by atoms with van der Waals surface area (Å²) < 4.78 is 16.0. The standard InChI is InChI=1S/C11H22O4Si/c1-7-10(15-11(12)9(2)3)8-16(6,13-4)14-5/h10H,2,7-8H2,1,3-6H3. The maximum Gasteiger partial charge on any atom is 0.338 e. The molecule has 0 amide bonds. The Hall–Kier alpha value is -0.653. The van der Waals surface area contributed by atoms with Gasteiger partial charge in [-0.05, 0) is 19.9 Å². The van der Waals surface area contributed by atoms with Crippen LogP contribution in [0.15, 0.2) is 12.2 Å². The van der Waals surface area contributed by atoms with Gasteiger partial charge in [-0.1, -0.05) is 13.5 Å². The molecule has 0 spiro atoms. The molecule has 0 rings (SSSR count). The molecule has 4 nitrogen and oxygen atoms in total. The summed E-state index contributed by atoms with van der Waals surface area (Å²) in [4.78, 5) is 11.4. The molecule has 0 radical (unpaired) electrons. The Morgan fingerprint density at radius 3 is 2.19 bits per heavy atom. The SMILES string of the molecule is C=C(C)C(=O)OC(CC)C[Si](C)(OC)OC. The summed E-state index contributed by atoms with van der Waals surface area (Å²) >= 11 is 0. The predicted octanol–water partition coefficient (Wildman–Crippen LogP) is 2.25. The van der Waals surface area contributed by atoms with E-state index < -0.39 is 8.56 Å². The minimum absolute atomic E-state index is 0.166. The Balaban J connectivity index is 4.40. The molecule has 0 N–H and O–H groups in total. The topological polar surface area (TPSA) is 44.8 Å². The highest BCUT2D eigenvalue weighted by molar-refractivity contribution is 6.66. The van der Waals surface area contributed by atoms with Gasteiger partial charge in [0.1, 0.15) is 6.10 Å². The van der Waals surface area contributed by atoms with Crippen molar-refractivity contribution in [2.45, 2.75) is 39.0 Å². The summed E-state index contributed by atoms with van der Waals surface area (Å²) in [6.45, 7) is 9.11. The van der Waals surface area contributed by atoms with E-state index in [4.69, 9.17) is 13.6 Å². The van der Waals surface area contributed by atoms with Crippen molar-refractivity contribution in [1.82, 2.24) is 0 Å². The fourth-order valence-corrected chi connectivity index (χ4v) is 2.88. The van der Waals surface area contributed by atoms with E-state index in [0.717, 1.165) is 6.42 Å². The summed E-state index contributed by atoms with van der Waals surface area (Å²) in [5.74, 6) is -0.351. The second kappa shape index (κ2) is 6.83. The average Bonchev–Trinajstić information content (AvgIpc) is 2.27. The van der Waals surface area contributed by atoms with Gasteiger partial charge in [-0.2, -0.15) is 0 Å². The van der Waals surface area contributed by atoms with Crippen LogP contribution in [-0.2, 0) is 18.4 Å². The lowest BCUT2D eigenvalue weighted by molar-refractivity contribution is -0.143. The average molecular weight is 246 g/mol. The van der Waals surface area contributed by atoms with Crippen LogP contribution >= 0.6 is 0 Å². The normalized spacial score (nSPS) is 13.3. The van der Waals surface area contributed by atoms with Gasteiger partial charge in [-0.25, -0.2) is 4.79 Å². The molecule has 0 aliphatic heterocycles. The molecule has 0 aliphatic carbocycles. The number of hydrogen-bond donors (Lipinski definition) is 0. The van der Waals surface area contributed by atoms with Crippen LogP contribution in [0, 0.1) is 0 Å². The molecule has 0 aromatic heterocycles. The zero-order chi connectivity index (χ0) is 12.8. The number of ether oxygens (including phenoxy) is 1. The molecule has 94 valence electrons. The van der Waals surface area contributed by atoms with Crippen LogP contribution in [0.3, 0.4) is 0 Å². The Morgan fingerprint density at radius 2 is 1.88 bits per heavy atom. The highest BCUT2D eigenvalue weighted by Gasteiger charge is 2.33. The highest BCUT2D eigenvalue weighted by Crippen LogP contribution is 2.19. The van der Waals surface area contributed by atoms with Gasteiger partial charge in [0.05, 0.1) is 0 Å². The van der Waals surface area contributed by atoms with Crippen molar-refractivity contribution in [2.24, 2.45) is 0 Å². The van der Waals surface area contributed by atoms with Gasteiger partial charge in [0.15, 0.2) is 0 Å². The molecule has 0 fully saturated rings. The van der Waals surface area contributed by atoms with Crippen LogP contribution in [0.1, 0.15) is 20.3 Å². The maximum atomic E-state index is 11.4. The second-order valence-corrected chi connectivity index (χ2v) is 7.45. The Labute approximate surface area is 98.8 Å². The van der Waals surface area contributed by atoms with Gasteiger partial charge >= 0.3 is 14.5 Å². The van der Waals surface area contributed by atoms with E-state index in [1.165, 1.54) is 0 Å². The maximum absolute atomic E-state index is 11.4. The van der Waals surface area contributed by atoms with Gasteiger partial charge < -0.3 is 13.6 Å². The Morgan fingerprint density at radius 1 is 1.38 bits per heavy atom. The lowest BCUT2D eigenvalue weighted by atomic mass is 10.3. The van der Waals surface area contributed by atoms with E-state index in [0.29, 0.717) is 11.6 Å². The van der Waals surface area contributed by atoms with Crippen molar-refractivity contribution in [3.8, 4) is 0 Å². The number of carbonyl (C=O) groups excluding carboxylic acids is 1. The first-order valence-electron chi connectivity index (χ1n) is 5.35. The van der Waals surface area contributed by atoms with Crippen LogP contribution in [0.5, 0.6) is 0 Å². The lowest BCUT2D eigenvalue weighted by Gasteiger charge is -2.27. The van der Waals surface area contributed by atoms with Crippen LogP contribution < -0.4 is 0 Å². The van der Waals surface area contributed by atoms with Crippen molar-refractivity contribution in [3.05, 3.63) is 12.2 Å². The summed E-state index contributed by atoms with van der Waals surface area (Å²) in [5, 5.41) is 0.